The Bertz CT molecular complexity index is 938. The van der Waals surface area contributed by atoms with Gasteiger partial charge in [0.25, 0.3) is 0 Å². The number of carboxylic acids is 1. The normalized spacial score (nSPS) is 23.9. The first-order valence-corrected chi connectivity index (χ1v) is 11.0. The van der Waals surface area contributed by atoms with Crippen molar-refractivity contribution in [1.82, 2.24) is 9.88 Å². The van der Waals surface area contributed by atoms with Crippen LogP contribution in [0.3, 0.4) is 0 Å². The van der Waals surface area contributed by atoms with Gasteiger partial charge in [0.15, 0.2) is 12.2 Å². The summed E-state index contributed by atoms with van der Waals surface area (Å²) >= 11 is 0. The molecule has 1 aromatic heterocycles. The Morgan fingerprint density at radius 1 is 1.18 bits per heavy atom. The summed E-state index contributed by atoms with van der Waals surface area (Å²) < 4.78 is 9.98. The van der Waals surface area contributed by atoms with Crippen LogP contribution >= 0.6 is 0 Å². The lowest BCUT2D eigenvalue weighted by Gasteiger charge is -2.40. The number of aryl methyl sites for hydroxylation is 1. The third kappa shape index (κ3) is 7.31. The van der Waals surface area contributed by atoms with Crippen LogP contribution in [0.5, 0.6) is 5.88 Å². The molecule has 190 valence electrons. The van der Waals surface area contributed by atoms with Crippen LogP contribution in [-0.4, -0.2) is 104 Å². The summed E-state index contributed by atoms with van der Waals surface area (Å²) in [6.45, 7) is 3.77. The van der Waals surface area contributed by atoms with E-state index in [2.05, 4.69) is 40.8 Å². The summed E-state index contributed by atoms with van der Waals surface area (Å²) in [5, 5.41) is 55.6. The van der Waals surface area contributed by atoms with Crippen molar-refractivity contribution >= 4 is 16.7 Å². The number of rotatable bonds is 8. The van der Waals surface area contributed by atoms with Gasteiger partial charge in [-0.2, -0.15) is 0 Å². The van der Waals surface area contributed by atoms with Crippen molar-refractivity contribution in [2.75, 3.05) is 27.2 Å². The molecule has 2 aromatic rings. The van der Waals surface area contributed by atoms with Gasteiger partial charge in [-0.05, 0) is 44.5 Å². The number of aliphatic hydroxyl groups is 5. The molecule has 1 aliphatic heterocycles. The molecule has 3 rings (SSSR count). The highest BCUT2D eigenvalue weighted by Gasteiger charge is 2.54. The number of carboxylic acid groups (broad SMARTS) is 1. The molecule has 34 heavy (non-hydrogen) atoms. The number of hydrogen-bond donors (Lipinski definition) is 6. The fourth-order valence-electron chi connectivity index (χ4n) is 3.25. The maximum absolute atomic E-state index is 10.4. The van der Waals surface area contributed by atoms with Crippen LogP contribution in [0.15, 0.2) is 30.3 Å². The summed E-state index contributed by atoms with van der Waals surface area (Å²) in [5.74, 6) is -4.10. The fourth-order valence-corrected chi connectivity index (χ4v) is 3.25. The quantitative estimate of drug-likeness (QED) is 0.273. The molecule has 11 nitrogen and oxygen atoms in total. The second-order valence-corrected chi connectivity index (χ2v) is 8.36. The van der Waals surface area contributed by atoms with Crippen LogP contribution < -0.4 is 4.74 Å². The Hall–Kier alpha value is -2.38. The molecule has 0 aliphatic carbocycles. The average molecular weight is 483 g/mol. The molecule has 0 bridgehead atoms. The molecule has 11 heteroatoms. The van der Waals surface area contributed by atoms with Crippen LogP contribution in [0.2, 0.25) is 0 Å². The minimum atomic E-state index is -3.19. The first kappa shape index (κ1) is 27.9. The van der Waals surface area contributed by atoms with Gasteiger partial charge in [-0.15, -0.1) is 0 Å². The smallest absolute Gasteiger partial charge is 0.335 e. The third-order valence-electron chi connectivity index (χ3n) is 5.23. The lowest BCUT2D eigenvalue weighted by molar-refractivity contribution is -0.428. The van der Waals surface area contributed by atoms with E-state index in [-0.39, 0.29) is 0 Å². The highest BCUT2D eigenvalue weighted by atomic mass is 16.8. The number of ether oxygens (including phenoxy) is 2. The summed E-state index contributed by atoms with van der Waals surface area (Å²) in [6, 6.07) is 10.5. The molecule has 2 heterocycles. The zero-order valence-corrected chi connectivity index (χ0v) is 19.5. The maximum atomic E-state index is 10.4. The molecule has 0 spiro atoms. The summed E-state index contributed by atoms with van der Waals surface area (Å²) in [5.41, 5.74) is 1.13. The molecule has 1 aliphatic rings. The minimum Gasteiger partial charge on any atom is -0.479 e. The molecule has 0 radical (unpaired) electrons. The van der Waals surface area contributed by atoms with Crippen LogP contribution in [-0.2, 0) is 16.0 Å². The highest BCUT2D eigenvalue weighted by molar-refractivity contribution is 5.87. The molecule has 4 atom stereocenters. The second-order valence-electron chi connectivity index (χ2n) is 8.36. The van der Waals surface area contributed by atoms with Gasteiger partial charge in [0.2, 0.25) is 5.88 Å². The van der Waals surface area contributed by atoms with E-state index in [0.717, 1.165) is 29.9 Å². The Kier molecular flexibility index (Phi) is 10.1. The van der Waals surface area contributed by atoms with Crippen molar-refractivity contribution < 1.29 is 44.9 Å². The number of aliphatic hydroxyl groups excluding tert-OH is 3. The number of hydrogen-bond acceptors (Lipinski definition) is 10. The molecule has 1 aromatic carbocycles. The number of nitrogens with zero attached hydrogens (tertiary/aromatic N) is 2. The Morgan fingerprint density at radius 3 is 2.47 bits per heavy atom. The van der Waals surface area contributed by atoms with Crippen molar-refractivity contribution in [1.29, 1.82) is 0 Å². The fraction of sp³-hybridized carbons (Fsp3) is 0.565. The van der Waals surface area contributed by atoms with Crippen LogP contribution in [0.25, 0.3) is 10.8 Å². The zero-order chi connectivity index (χ0) is 25.5. The zero-order valence-electron chi connectivity index (χ0n) is 19.5. The van der Waals surface area contributed by atoms with E-state index >= 15 is 0 Å². The number of carbonyl (C=O) groups is 1. The number of unbranched alkanes of at least 4 members (excludes halogenated alkanes) is 1. The highest BCUT2D eigenvalue weighted by Crippen LogP contribution is 2.26. The van der Waals surface area contributed by atoms with Gasteiger partial charge >= 0.3 is 11.9 Å². The topological polar surface area (TPSA) is 173 Å². The number of aliphatic carboxylic acids is 1. The molecule has 0 amide bonds. The van der Waals surface area contributed by atoms with Gasteiger partial charge in [0.05, 0.1) is 0 Å². The van der Waals surface area contributed by atoms with Gasteiger partial charge in [-0.1, -0.05) is 31.5 Å². The van der Waals surface area contributed by atoms with Gasteiger partial charge in [-0.25, -0.2) is 9.78 Å². The average Bonchev–Trinajstić information content (AvgIpc) is 2.79. The molecule has 1 saturated heterocycles. The summed E-state index contributed by atoms with van der Waals surface area (Å²) in [7, 11) is 4.10. The summed E-state index contributed by atoms with van der Waals surface area (Å²) in [6.07, 6.45) is -4.79. The van der Waals surface area contributed by atoms with Crippen molar-refractivity contribution in [3.05, 3.63) is 36.0 Å². The van der Waals surface area contributed by atoms with Gasteiger partial charge in [0.1, 0.15) is 18.8 Å². The predicted octanol–water partition coefficient (Wildman–Crippen LogP) is -0.291. The van der Waals surface area contributed by atoms with Gasteiger partial charge in [0, 0.05) is 17.6 Å². The molecular formula is C23H34N2O9. The Balaban J connectivity index is 0.000000257. The van der Waals surface area contributed by atoms with E-state index in [0.29, 0.717) is 6.61 Å². The van der Waals surface area contributed by atoms with E-state index < -0.39 is 36.4 Å². The maximum Gasteiger partial charge on any atom is 0.335 e. The summed E-state index contributed by atoms with van der Waals surface area (Å²) in [4.78, 5) is 17.2. The number of pyridine rings is 1. The van der Waals surface area contributed by atoms with Crippen LogP contribution in [0.4, 0.5) is 0 Å². The molecule has 1 fully saturated rings. The number of likely N-dealkylation sites (N-methyl/N-ethyl adjacent to an activating group) is 1. The number of benzene rings is 1. The predicted molar refractivity (Wildman–Crippen MR) is 122 cm³/mol. The lowest BCUT2D eigenvalue weighted by Crippen LogP contribution is -2.66. The number of fused-ring (bicyclic) bond motifs is 1. The molecule has 0 unspecified atom stereocenters. The lowest BCUT2D eigenvalue weighted by atomic mass is 9.98. The van der Waals surface area contributed by atoms with Crippen molar-refractivity contribution in [2.24, 2.45) is 0 Å². The second kappa shape index (κ2) is 12.4. The van der Waals surface area contributed by atoms with Gasteiger partial charge < -0.3 is 45.0 Å². The van der Waals surface area contributed by atoms with Crippen molar-refractivity contribution in [2.45, 2.75) is 56.6 Å². The van der Waals surface area contributed by atoms with Crippen LogP contribution in [0, 0.1) is 0 Å². The van der Waals surface area contributed by atoms with E-state index in [1.54, 1.807) is 0 Å². The monoisotopic (exact) mass is 482 g/mol. The first-order chi connectivity index (χ1) is 16.0. The largest absolute Gasteiger partial charge is 0.479 e. The Labute approximate surface area is 197 Å². The van der Waals surface area contributed by atoms with Crippen molar-refractivity contribution in [3.63, 3.8) is 0 Å². The van der Waals surface area contributed by atoms with Crippen molar-refractivity contribution in [3.8, 4) is 5.88 Å². The van der Waals surface area contributed by atoms with Gasteiger partial charge in [-0.3, -0.25) is 0 Å². The van der Waals surface area contributed by atoms with E-state index in [9.17, 15) is 4.79 Å². The standard InChI is InChI=1S/C17H24N2O.C6H10O8/c1-4-5-9-15-13-14-8-6-7-10-16(14)17(18-15)20-12-11-19(2)3;7-1-2(8)4(9)6(12,13)14-3(1)5(10)11/h6-8,10,13H,4-5,9,11-12H2,1-3H3;1-4,7-9,12-13H,(H,10,11)/t;1-,2-,3-,4+/m.0/s1. The number of aromatic nitrogens is 1. The van der Waals surface area contributed by atoms with E-state index in [1.165, 1.54) is 18.2 Å². The Morgan fingerprint density at radius 2 is 1.85 bits per heavy atom. The first-order valence-electron chi connectivity index (χ1n) is 11.0. The van der Waals surface area contributed by atoms with Crippen LogP contribution in [0.1, 0.15) is 25.5 Å². The van der Waals surface area contributed by atoms with E-state index in [4.69, 9.17) is 40.4 Å². The molecular weight excluding hydrogens is 448 g/mol. The SMILES string of the molecule is CCCCc1cc2ccccc2c(OCCN(C)C)n1.O=C(O)[C@H]1OC(O)(O)[C@H](O)[C@@H](O)[C@@H]1O. The third-order valence-corrected chi connectivity index (χ3v) is 5.23. The van der Waals surface area contributed by atoms with E-state index in [1.807, 2.05) is 20.2 Å². The molecule has 0 saturated carbocycles. The molecule has 6 N–H and O–H groups in total. The minimum absolute atomic E-state index is 0.668.